The molecular weight excluding hydrogens is 241 g/mol. The van der Waals surface area contributed by atoms with Gasteiger partial charge in [-0.2, -0.15) is 5.10 Å². The van der Waals surface area contributed by atoms with Gasteiger partial charge >= 0.3 is 0 Å². The van der Waals surface area contributed by atoms with Crippen LogP contribution in [0.1, 0.15) is 12.6 Å². The Balaban J connectivity index is 2.27. The Morgan fingerprint density at radius 2 is 2.24 bits per heavy atom. The number of nitrogens with zero attached hydrogens (tertiary/aromatic N) is 2. The smallest absolute Gasteiger partial charge is 0.125 e. The van der Waals surface area contributed by atoms with Gasteiger partial charge in [-0.25, -0.2) is 9.07 Å². The molecule has 0 aliphatic heterocycles. The molecule has 0 aliphatic rings. The number of hydrogen-bond acceptors (Lipinski definition) is 2. The molecule has 0 unspecified atom stereocenters. The van der Waals surface area contributed by atoms with Crippen LogP contribution in [0, 0.1) is 5.82 Å². The van der Waals surface area contributed by atoms with Gasteiger partial charge in [0.15, 0.2) is 0 Å². The predicted molar refractivity (Wildman–Crippen MR) is 65.9 cm³/mol. The first-order valence-electron chi connectivity index (χ1n) is 5.41. The molecule has 1 N–H and O–H groups in total. The minimum Gasteiger partial charge on any atom is -0.311 e. The van der Waals surface area contributed by atoms with E-state index in [1.54, 1.807) is 10.9 Å². The van der Waals surface area contributed by atoms with Crippen LogP contribution >= 0.6 is 11.6 Å². The lowest BCUT2D eigenvalue weighted by Crippen LogP contribution is -2.12. The maximum atomic E-state index is 13.1. The summed E-state index contributed by atoms with van der Waals surface area (Å²) in [6, 6.07) is 6.10. The highest BCUT2D eigenvalue weighted by atomic mass is 35.5. The molecule has 17 heavy (non-hydrogen) atoms. The van der Waals surface area contributed by atoms with Gasteiger partial charge in [-0.3, -0.25) is 0 Å². The van der Waals surface area contributed by atoms with Crippen molar-refractivity contribution in [1.82, 2.24) is 15.1 Å². The Morgan fingerprint density at radius 3 is 3.00 bits per heavy atom. The minimum atomic E-state index is -0.326. The van der Waals surface area contributed by atoms with Crippen molar-refractivity contribution in [3.8, 4) is 5.69 Å². The number of halogens is 2. The molecule has 0 bridgehead atoms. The fourth-order valence-corrected chi connectivity index (χ4v) is 1.71. The zero-order valence-corrected chi connectivity index (χ0v) is 10.2. The molecule has 0 radical (unpaired) electrons. The third-order valence-corrected chi connectivity index (χ3v) is 2.68. The van der Waals surface area contributed by atoms with Gasteiger partial charge in [-0.05, 0) is 24.7 Å². The second-order valence-electron chi connectivity index (χ2n) is 3.63. The summed E-state index contributed by atoms with van der Waals surface area (Å²) in [6.07, 6.45) is 1.77. The van der Waals surface area contributed by atoms with Crippen LogP contribution in [0.4, 0.5) is 4.39 Å². The fraction of sp³-hybridized carbons (Fsp3) is 0.250. The quantitative estimate of drug-likeness (QED) is 0.908. The summed E-state index contributed by atoms with van der Waals surface area (Å²) in [5.41, 5.74) is 1.45. The Morgan fingerprint density at radius 1 is 1.41 bits per heavy atom. The van der Waals surface area contributed by atoms with Crippen molar-refractivity contribution in [2.24, 2.45) is 0 Å². The number of rotatable bonds is 4. The van der Waals surface area contributed by atoms with Crippen molar-refractivity contribution in [1.29, 1.82) is 0 Å². The zero-order chi connectivity index (χ0) is 12.3. The molecule has 0 aliphatic carbocycles. The average Bonchev–Trinajstić information content (AvgIpc) is 2.78. The summed E-state index contributed by atoms with van der Waals surface area (Å²) in [6.45, 7) is 3.60. The summed E-state index contributed by atoms with van der Waals surface area (Å²) in [7, 11) is 0. The molecule has 1 heterocycles. The molecule has 90 valence electrons. The fourth-order valence-electron chi connectivity index (χ4n) is 1.50. The van der Waals surface area contributed by atoms with Gasteiger partial charge in [-0.15, -0.1) is 0 Å². The van der Waals surface area contributed by atoms with Gasteiger partial charge in [0.05, 0.1) is 16.4 Å². The van der Waals surface area contributed by atoms with E-state index in [4.69, 9.17) is 11.6 Å². The van der Waals surface area contributed by atoms with E-state index in [9.17, 15) is 4.39 Å². The molecule has 5 heteroatoms. The van der Waals surface area contributed by atoms with Crippen molar-refractivity contribution in [3.63, 3.8) is 0 Å². The van der Waals surface area contributed by atoms with Crippen LogP contribution in [0.15, 0.2) is 30.5 Å². The lowest BCUT2D eigenvalue weighted by atomic mass is 10.3. The van der Waals surface area contributed by atoms with Gasteiger partial charge < -0.3 is 5.32 Å². The summed E-state index contributed by atoms with van der Waals surface area (Å²) in [4.78, 5) is 0. The number of benzene rings is 1. The molecule has 0 saturated heterocycles. The third-order valence-electron chi connectivity index (χ3n) is 2.36. The highest BCUT2D eigenvalue weighted by Gasteiger charge is 2.06. The summed E-state index contributed by atoms with van der Waals surface area (Å²) < 4.78 is 14.7. The molecule has 0 fully saturated rings. The molecule has 0 spiro atoms. The van der Waals surface area contributed by atoms with E-state index in [2.05, 4.69) is 10.4 Å². The summed E-state index contributed by atoms with van der Waals surface area (Å²) in [5.74, 6) is -0.326. The Labute approximate surface area is 104 Å². The van der Waals surface area contributed by atoms with E-state index >= 15 is 0 Å². The van der Waals surface area contributed by atoms with E-state index in [0.29, 0.717) is 17.3 Å². The Hall–Kier alpha value is -1.39. The average molecular weight is 254 g/mol. The number of nitrogens with one attached hydrogen (secondary N) is 1. The molecule has 2 rings (SSSR count). The number of hydrogen-bond donors (Lipinski definition) is 1. The second-order valence-corrected chi connectivity index (χ2v) is 4.03. The zero-order valence-electron chi connectivity index (χ0n) is 9.45. The van der Waals surface area contributed by atoms with E-state index in [1.165, 1.54) is 18.2 Å². The molecule has 0 amide bonds. The maximum Gasteiger partial charge on any atom is 0.125 e. The lowest BCUT2D eigenvalue weighted by Gasteiger charge is -2.04. The monoisotopic (exact) mass is 253 g/mol. The van der Waals surface area contributed by atoms with Crippen LogP contribution in [0.25, 0.3) is 5.69 Å². The largest absolute Gasteiger partial charge is 0.311 e. The van der Waals surface area contributed by atoms with Crippen molar-refractivity contribution < 1.29 is 4.39 Å². The van der Waals surface area contributed by atoms with Gasteiger partial charge in [-0.1, -0.05) is 18.5 Å². The molecule has 1 aromatic heterocycles. The van der Waals surface area contributed by atoms with Crippen LogP contribution in [-0.4, -0.2) is 16.3 Å². The standard InChI is InChI=1S/C12H13ClFN3/c1-2-15-8-10-5-6-17(16-10)12-7-9(14)3-4-11(12)13/h3-7,15H,2,8H2,1H3. The topological polar surface area (TPSA) is 29.9 Å². The highest BCUT2D eigenvalue weighted by Crippen LogP contribution is 2.20. The molecule has 2 aromatic rings. The van der Waals surface area contributed by atoms with Crippen LogP contribution < -0.4 is 5.32 Å². The van der Waals surface area contributed by atoms with Crippen LogP contribution in [0.2, 0.25) is 5.02 Å². The first-order chi connectivity index (χ1) is 8.20. The summed E-state index contributed by atoms with van der Waals surface area (Å²) in [5, 5.41) is 7.97. The van der Waals surface area contributed by atoms with Crippen LogP contribution in [0.3, 0.4) is 0 Å². The first-order valence-corrected chi connectivity index (χ1v) is 5.79. The van der Waals surface area contributed by atoms with Crippen molar-refractivity contribution in [2.75, 3.05) is 6.54 Å². The predicted octanol–water partition coefficient (Wildman–Crippen LogP) is 2.77. The van der Waals surface area contributed by atoms with Gasteiger partial charge in [0, 0.05) is 18.8 Å². The van der Waals surface area contributed by atoms with Gasteiger partial charge in [0.1, 0.15) is 5.82 Å². The molecule has 3 nitrogen and oxygen atoms in total. The van der Waals surface area contributed by atoms with Gasteiger partial charge in [0.25, 0.3) is 0 Å². The third kappa shape index (κ3) is 2.84. The first kappa shape index (κ1) is 12.1. The molecular formula is C12H13ClFN3. The van der Waals surface area contributed by atoms with Crippen molar-refractivity contribution in [2.45, 2.75) is 13.5 Å². The molecule has 1 aromatic carbocycles. The van der Waals surface area contributed by atoms with Crippen molar-refractivity contribution in [3.05, 3.63) is 47.0 Å². The van der Waals surface area contributed by atoms with E-state index in [-0.39, 0.29) is 5.82 Å². The highest BCUT2D eigenvalue weighted by molar-refractivity contribution is 6.32. The van der Waals surface area contributed by atoms with Gasteiger partial charge in [0.2, 0.25) is 0 Å². The summed E-state index contributed by atoms with van der Waals surface area (Å²) >= 11 is 6.00. The molecule has 0 saturated carbocycles. The number of aromatic nitrogens is 2. The Bertz CT molecular complexity index is 510. The van der Waals surface area contributed by atoms with E-state index in [0.717, 1.165) is 12.2 Å². The normalized spacial score (nSPS) is 10.8. The SMILES string of the molecule is CCNCc1ccn(-c2cc(F)ccc2Cl)n1. The van der Waals surface area contributed by atoms with E-state index < -0.39 is 0 Å². The van der Waals surface area contributed by atoms with Crippen molar-refractivity contribution >= 4 is 11.6 Å². The Kier molecular flexibility index (Phi) is 3.76. The van der Waals surface area contributed by atoms with Crippen LogP contribution in [-0.2, 0) is 6.54 Å². The maximum absolute atomic E-state index is 13.1. The molecule has 0 atom stereocenters. The van der Waals surface area contributed by atoms with E-state index in [1.807, 2.05) is 13.0 Å². The lowest BCUT2D eigenvalue weighted by molar-refractivity contribution is 0.625. The minimum absolute atomic E-state index is 0.326. The second kappa shape index (κ2) is 5.29. The van der Waals surface area contributed by atoms with Crippen LogP contribution in [0.5, 0.6) is 0 Å².